The minimum absolute atomic E-state index is 0.0291. The van der Waals surface area contributed by atoms with Crippen molar-refractivity contribution in [2.24, 2.45) is 5.92 Å². The van der Waals surface area contributed by atoms with Crippen LogP contribution >= 0.6 is 11.6 Å². The Morgan fingerprint density at radius 1 is 1.16 bits per heavy atom. The maximum absolute atomic E-state index is 13.5. The van der Waals surface area contributed by atoms with Crippen LogP contribution in [0, 0.1) is 11.7 Å². The number of carbonyl (C=O) groups excluding carboxylic acids is 2. The van der Waals surface area contributed by atoms with Crippen molar-refractivity contribution in [3.05, 3.63) is 63.7 Å². The molecule has 3 aromatic rings. The highest BCUT2D eigenvalue weighted by molar-refractivity contribution is 6.33. The van der Waals surface area contributed by atoms with Gasteiger partial charge >= 0.3 is 11.6 Å². The Hall–Kier alpha value is -3.39. The molecule has 2 heterocycles. The van der Waals surface area contributed by atoms with Gasteiger partial charge in [-0.15, -0.1) is 0 Å². The standard InChI is InChI=1S/C29H31ClFNO6/c1-17(28(35)32-11-5-6-18(16-32)12-27(34)38-29(2,3)4)36-20-8-10-22-23(15-26(33)37-25(22)14-20)21-9-7-19(31)13-24(21)30/h7-10,13-15,17-18H,5-6,11-12,16H2,1-4H3/t17-,18-/m1/s1. The lowest BCUT2D eigenvalue weighted by molar-refractivity contribution is -0.157. The number of nitrogens with zero attached hydrogens (tertiary/aromatic N) is 1. The number of rotatable bonds is 6. The molecule has 38 heavy (non-hydrogen) atoms. The Kier molecular flexibility index (Phi) is 8.11. The van der Waals surface area contributed by atoms with Gasteiger partial charge in [0, 0.05) is 41.7 Å². The summed E-state index contributed by atoms with van der Waals surface area (Å²) in [6, 6.07) is 10.2. The van der Waals surface area contributed by atoms with Gasteiger partial charge in [-0.2, -0.15) is 0 Å². The van der Waals surface area contributed by atoms with Crippen LogP contribution in [-0.4, -0.2) is 41.6 Å². The highest BCUT2D eigenvalue weighted by Crippen LogP contribution is 2.34. The van der Waals surface area contributed by atoms with Gasteiger partial charge in [-0.05, 0) is 76.8 Å². The molecule has 0 N–H and O–H groups in total. The van der Waals surface area contributed by atoms with Gasteiger partial charge in [0.15, 0.2) is 6.10 Å². The van der Waals surface area contributed by atoms with E-state index in [9.17, 15) is 18.8 Å². The van der Waals surface area contributed by atoms with E-state index in [1.807, 2.05) is 20.8 Å². The molecule has 1 fully saturated rings. The molecule has 0 unspecified atom stereocenters. The van der Waals surface area contributed by atoms with Gasteiger partial charge < -0.3 is 18.8 Å². The number of hydrogen-bond acceptors (Lipinski definition) is 6. The fraction of sp³-hybridized carbons (Fsp3) is 0.414. The third-order valence-electron chi connectivity index (χ3n) is 6.30. The minimum atomic E-state index is -0.797. The van der Waals surface area contributed by atoms with Crippen molar-refractivity contribution in [2.45, 2.75) is 58.7 Å². The molecule has 2 atom stereocenters. The van der Waals surface area contributed by atoms with Gasteiger partial charge in [0.2, 0.25) is 0 Å². The van der Waals surface area contributed by atoms with E-state index in [2.05, 4.69) is 0 Å². The van der Waals surface area contributed by atoms with E-state index in [4.69, 9.17) is 25.5 Å². The fourth-order valence-corrected chi connectivity index (χ4v) is 4.98. The molecule has 0 bridgehead atoms. The van der Waals surface area contributed by atoms with Crippen LogP contribution in [-0.2, 0) is 14.3 Å². The van der Waals surface area contributed by atoms with E-state index >= 15 is 0 Å². The van der Waals surface area contributed by atoms with E-state index in [-0.39, 0.29) is 34.8 Å². The first-order chi connectivity index (χ1) is 17.9. The molecule has 1 aliphatic rings. The van der Waals surface area contributed by atoms with E-state index in [1.54, 1.807) is 30.0 Å². The molecule has 1 aliphatic heterocycles. The Morgan fingerprint density at radius 2 is 1.92 bits per heavy atom. The van der Waals surface area contributed by atoms with Gasteiger partial charge in [-0.3, -0.25) is 9.59 Å². The van der Waals surface area contributed by atoms with Crippen molar-refractivity contribution in [2.75, 3.05) is 13.1 Å². The molecule has 1 amide bonds. The maximum atomic E-state index is 13.5. The average molecular weight is 544 g/mol. The monoisotopic (exact) mass is 543 g/mol. The normalized spacial score (nSPS) is 16.8. The van der Waals surface area contributed by atoms with Crippen LogP contribution in [0.5, 0.6) is 5.75 Å². The van der Waals surface area contributed by atoms with Crippen LogP contribution in [0.4, 0.5) is 4.39 Å². The molecule has 0 aliphatic carbocycles. The predicted molar refractivity (Wildman–Crippen MR) is 143 cm³/mol. The summed E-state index contributed by atoms with van der Waals surface area (Å²) in [6.07, 6.45) is 1.11. The second-order valence-electron chi connectivity index (χ2n) is 10.6. The number of halogens is 2. The summed E-state index contributed by atoms with van der Waals surface area (Å²) < 4.78 is 30.3. The average Bonchev–Trinajstić information content (AvgIpc) is 2.82. The SMILES string of the molecule is C[C@@H](Oc1ccc2c(-c3ccc(F)cc3Cl)cc(=O)oc2c1)C(=O)N1CCC[C@H](CC(=O)OC(C)(C)C)C1. The molecule has 0 radical (unpaired) electrons. The third kappa shape index (κ3) is 6.72. The lowest BCUT2D eigenvalue weighted by Crippen LogP contribution is -2.46. The van der Waals surface area contributed by atoms with E-state index in [0.29, 0.717) is 35.4 Å². The minimum Gasteiger partial charge on any atom is -0.481 e. The number of benzene rings is 2. The number of likely N-dealkylation sites (tertiary alicyclic amines) is 1. The second-order valence-corrected chi connectivity index (χ2v) is 11.0. The molecule has 2 aromatic carbocycles. The number of esters is 1. The summed E-state index contributed by atoms with van der Waals surface area (Å²) in [5, 5.41) is 0.758. The number of fused-ring (bicyclic) bond motifs is 1. The zero-order valence-corrected chi connectivity index (χ0v) is 22.6. The number of carbonyl (C=O) groups is 2. The summed E-state index contributed by atoms with van der Waals surface area (Å²) >= 11 is 6.23. The lowest BCUT2D eigenvalue weighted by Gasteiger charge is -2.34. The van der Waals surface area contributed by atoms with Crippen LogP contribution in [0.1, 0.15) is 47.0 Å². The van der Waals surface area contributed by atoms with Gasteiger partial charge in [-0.1, -0.05) is 11.6 Å². The van der Waals surface area contributed by atoms with E-state index < -0.39 is 23.1 Å². The molecule has 9 heteroatoms. The van der Waals surface area contributed by atoms with Gasteiger partial charge in [0.05, 0.1) is 11.4 Å². The van der Waals surface area contributed by atoms with Crippen molar-refractivity contribution in [3.63, 3.8) is 0 Å². The van der Waals surface area contributed by atoms with Crippen molar-refractivity contribution < 1.29 is 27.9 Å². The second kappa shape index (κ2) is 11.2. The van der Waals surface area contributed by atoms with Gasteiger partial charge in [0.25, 0.3) is 5.91 Å². The Bertz CT molecular complexity index is 1410. The quantitative estimate of drug-likeness (QED) is 0.280. The number of amides is 1. The molecule has 1 aromatic heterocycles. The fourth-order valence-electron chi connectivity index (χ4n) is 4.71. The highest BCUT2D eigenvalue weighted by atomic mass is 35.5. The van der Waals surface area contributed by atoms with Crippen molar-refractivity contribution in [1.29, 1.82) is 0 Å². The third-order valence-corrected chi connectivity index (χ3v) is 6.62. The van der Waals surface area contributed by atoms with Crippen LogP contribution in [0.2, 0.25) is 5.02 Å². The summed E-state index contributed by atoms with van der Waals surface area (Å²) in [4.78, 5) is 39.4. The molecule has 0 saturated carbocycles. The first kappa shape index (κ1) is 27.6. The number of hydrogen-bond donors (Lipinski definition) is 0. The van der Waals surface area contributed by atoms with E-state index in [0.717, 1.165) is 12.8 Å². The molecule has 0 spiro atoms. The Labute approximate surface area is 225 Å². The van der Waals surface area contributed by atoms with Crippen molar-refractivity contribution >= 4 is 34.4 Å². The topological polar surface area (TPSA) is 86.0 Å². The van der Waals surface area contributed by atoms with Gasteiger partial charge in [0.1, 0.15) is 22.8 Å². The Balaban J connectivity index is 1.47. The lowest BCUT2D eigenvalue weighted by atomic mass is 9.94. The molecular formula is C29H31ClFNO6. The summed E-state index contributed by atoms with van der Waals surface area (Å²) in [5.41, 5.74) is 0.101. The summed E-state index contributed by atoms with van der Waals surface area (Å²) in [6.45, 7) is 8.20. The molecule has 7 nitrogen and oxygen atoms in total. The van der Waals surface area contributed by atoms with Crippen molar-refractivity contribution in [1.82, 2.24) is 4.90 Å². The Morgan fingerprint density at radius 3 is 2.63 bits per heavy atom. The van der Waals surface area contributed by atoms with Crippen LogP contribution in [0.3, 0.4) is 0 Å². The molecular weight excluding hydrogens is 513 g/mol. The first-order valence-corrected chi connectivity index (χ1v) is 13.0. The maximum Gasteiger partial charge on any atom is 0.336 e. The predicted octanol–water partition coefficient (Wildman–Crippen LogP) is 5.99. The van der Waals surface area contributed by atoms with Gasteiger partial charge in [-0.25, -0.2) is 9.18 Å². The molecule has 4 rings (SSSR count). The van der Waals surface area contributed by atoms with Crippen LogP contribution in [0.15, 0.2) is 51.7 Å². The first-order valence-electron chi connectivity index (χ1n) is 12.6. The molecule has 202 valence electrons. The largest absolute Gasteiger partial charge is 0.481 e. The molecule has 1 saturated heterocycles. The zero-order valence-electron chi connectivity index (χ0n) is 21.9. The van der Waals surface area contributed by atoms with Crippen LogP contribution in [0.25, 0.3) is 22.1 Å². The van der Waals surface area contributed by atoms with Crippen molar-refractivity contribution in [3.8, 4) is 16.9 Å². The highest BCUT2D eigenvalue weighted by Gasteiger charge is 2.30. The summed E-state index contributed by atoms with van der Waals surface area (Å²) in [5.74, 6) is -0.551. The summed E-state index contributed by atoms with van der Waals surface area (Å²) in [7, 11) is 0. The van der Waals surface area contributed by atoms with E-state index in [1.165, 1.54) is 24.3 Å². The number of ether oxygens (including phenoxy) is 2. The zero-order chi connectivity index (χ0) is 27.6. The van der Waals surface area contributed by atoms with Crippen LogP contribution < -0.4 is 10.4 Å². The number of piperidine rings is 1. The smallest absolute Gasteiger partial charge is 0.336 e.